The van der Waals surface area contributed by atoms with E-state index in [0.29, 0.717) is 24.5 Å². The normalized spacial score (nSPS) is 13.3. The Kier molecular flexibility index (Phi) is 7.23. The number of tetrazole rings is 1. The number of aryl methyl sites for hydroxylation is 1. The minimum absolute atomic E-state index is 0.0558. The number of hydrogen-bond acceptors (Lipinski definition) is 6. The Hall–Kier alpha value is -4.04. The molecule has 0 spiro atoms. The van der Waals surface area contributed by atoms with Crippen molar-refractivity contribution in [2.45, 2.75) is 78.6 Å². The van der Waals surface area contributed by atoms with Gasteiger partial charge in [-0.25, -0.2) is 4.68 Å². The fourth-order valence-corrected chi connectivity index (χ4v) is 5.07. The molecule has 0 amide bonds. The monoisotopic (exact) mass is 538 g/mol. The molecule has 0 radical (unpaired) electrons. The second kappa shape index (κ2) is 10.5. The average Bonchev–Trinajstić information content (AvgIpc) is 3.57. The second-order valence-electron chi connectivity index (χ2n) is 12.6. The van der Waals surface area contributed by atoms with E-state index in [-0.39, 0.29) is 11.0 Å². The molecule has 0 saturated carbocycles. The number of aromatic nitrogens is 5. The second-order valence-corrected chi connectivity index (χ2v) is 12.6. The van der Waals surface area contributed by atoms with Gasteiger partial charge < -0.3 is 9.40 Å². The van der Waals surface area contributed by atoms with Crippen LogP contribution in [0.4, 0.5) is 0 Å². The number of H-pyrrole nitrogens is 1. The van der Waals surface area contributed by atoms with E-state index in [1.54, 1.807) is 6.26 Å². The van der Waals surface area contributed by atoms with Crippen molar-refractivity contribution >= 4 is 10.9 Å². The Morgan fingerprint density at radius 3 is 2.38 bits per heavy atom. The van der Waals surface area contributed by atoms with E-state index in [2.05, 4.69) is 97.3 Å². The van der Waals surface area contributed by atoms with E-state index in [1.807, 2.05) is 41.9 Å². The Bertz CT molecular complexity index is 1650. The largest absolute Gasteiger partial charge is 0.468 e. The lowest BCUT2D eigenvalue weighted by molar-refractivity contribution is 0.171. The van der Waals surface area contributed by atoms with Crippen LogP contribution in [-0.4, -0.2) is 30.1 Å². The van der Waals surface area contributed by atoms with Crippen LogP contribution in [0.2, 0.25) is 0 Å². The van der Waals surface area contributed by atoms with Crippen molar-refractivity contribution in [3.63, 3.8) is 0 Å². The standard InChI is InChI=1S/C32H38N6O2/c1-21-10-15-27-23(17-21)18-26(30(39)33-27)28(29-34-35-36-38(29)32(5,6)7)37(20-25-9-8-16-40-25)19-22-11-13-24(14-12-22)31(2,3)4/h8-18,28H,19-20H2,1-7H3,(H,33,39)/t28-/m0/s1. The summed E-state index contributed by atoms with van der Waals surface area (Å²) in [6, 6.07) is 20.0. The summed E-state index contributed by atoms with van der Waals surface area (Å²) in [5, 5.41) is 13.9. The first-order chi connectivity index (χ1) is 18.9. The lowest BCUT2D eigenvalue weighted by Crippen LogP contribution is -2.37. The summed E-state index contributed by atoms with van der Waals surface area (Å²) in [4.78, 5) is 19.1. The van der Waals surface area contributed by atoms with E-state index in [4.69, 9.17) is 4.42 Å². The zero-order valence-electron chi connectivity index (χ0n) is 24.4. The predicted octanol–water partition coefficient (Wildman–Crippen LogP) is 6.26. The van der Waals surface area contributed by atoms with Crippen molar-refractivity contribution in [2.75, 3.05) is 0 Å². The fraction of sp³-hybridized carbons (Fsp3) is 0.375. The third-order valence-electron chi connectivity index (χ3n) is 7.21. The summed E-state index contributed by atoms with van der Waals surface area (Å²) in [6.45, 7) is 15.9. The topological polar surface area (TPSA) is 92.8 Å². The number of rotatable bonds is 7. The Balaban J connectivity index is 1.69. The summed E-state index contributed by atoms with van der Waals surface area (Å²) in [6.07, 6.45) is 1.67. The smallest absolute Gasteiger partial charge is 0.253 e. The minimum atomic E-state index is -0.546. The molecule has 3 heterocycles. The van der Waals surface area contributed by atoms with Gasteiger partial charge in [-0.05, 0) is 90.4 Å². The van der Waals surface area contributed by atoms with Gasteiger partial charge in [-0.3, -0.25) is 9.69 Å². The average molecular weight is 539 g/mol. The van der Waals surface area contributed by atoms with Crippen molar-refractivity contribution in [3.05, 3.63) is 111 Å². The highest BCUT2D eigenvalue weighted by Crippen LogP contribution is 2.32. The molecule has 0 aliphatic heterocycles. The summed E-state index contributed by atoms with van der Waals surface area (Å²) < 4.78 is 7.61. The quantitative estimate of drug-likeness (QED) is 0.263. The molecular formula is C32H38N6O2. The molecule has 5 rings (SSSR count). The van der Waals surface area contributed by atoms with Gasteiger partial charge in [-0.15, -0.1) is 5.10 Å². The number of fused-ring (bicyclic) bond motifs is 1. The van der Waals surface area contributed by atoms with Gasteiger partial charge >= 0.3 is 0 Å². The van der Waals surface area contributed by atoms with Crippen molar-refractivity contribution in [3.8, 4) is 0 Å². The van der Waals surface area contributed by atoms with E-state index in [1.165, 1.54) is 5.56 Å². The molecule has 8 heteroatoms. The van der Waals surface area contributed by atoms with Crippen LogP contribution in [0.15, 0.2) is 76.1 Å². The summed E-state index contributed by atoms with van der Waals surface area (Å²) in [5.74, 6) is 1.39. The molecule has 208 valence electrons. The maximum Gasteiger partial charge on any atom is 0.253 e. The molecule has 5 aromatic rings. The summed E-state index contributed by atoms with van der Waals surface area (Å²) in [7, 11) is 0. The maximum absolute atomic E-state index is 13.7. The molecule has 0 saturated heterocycles. The number of furan rings is 1. The lowest BCUT2D eigenvalue weighted by atomic mass is 9.86. The Morgan fingerprint density at radius 1 is 0.975 bits per heavy atom. The van der Waals surface area contributed by atoms with Gasteiger partial charge in [0.25, 0.3) is 5.56 Å². The van der Waals surface area contributed by atoms with Crippen LogP contribution >= 0.6 is 0 Å². The maximum atomic E-state index is 13.7. The van der Waals surface area contributed by atoms with Crippen molar-refractivity contribution < 1.29 is 4.42 Å². The first-order valence-electron chi connectivity index (χ1n) is 13.7. The number of pyridine rings is 1. The third-order valence-corrected chi connectivity index (χ3v) is 7.21. The van der Waals surface area contributed by atoms with Gasteiger partial charge in [0.05, 0.1) is 18.3 Å². The first-order valence-corrected chi connectivity index (χ1v) is 13.7. The van der Waals surface area contributed by atoms with Gasteiger partial charge in [0.2, 0.25) is 0 Å². The van der Waals surface area contributed by atoms with E-state index < -0.39 is 11.6 Å². The Morgan fingerprint density at radius 2 is 1.73 bits per heavy atom. The van der Waals surface area contributed by atoms with Gasteiger partial charge in [0, 0.05) is 17.6 Å². The predicted molar refractivity (Wildman–Crippen MR) is 157 cm³/mol. The van der Waals surface area contributed by atoms with Crippen LogP contribution in [0.5, 0.6) is 0 Å². The molecule has 0 fully saturated rings. The van der Waals surface area contributed by atoms with Crippen LogP contribution < -0.4 is 5.56 Å². The molecule has 2 aromatic carbocycles. The molecule has 0 unspecified atom stereocenters. The van der Waals surface area contributed by atoms with Crippen LogP contribution in [0.3, 0.4) is 0 Å². The molecule has 8 nitrogen and oxygen atoms in total. The zero-order chi connectivity index (χ0) is 28.7. The van der Waals surface area contributed by atoms with E-state index >= 15 is 0 Å². The van der Waals surface area contributed by atoms with E-state index in [9.17, 15) is 4.79 Å². The molecule has 0 aliphatic carbocycles. The number of hydrogen-bond donors (Lipinski definition) is 1. The summed E-state index contributed by atoms with van der Waals surface area (Å²) >= 11 is 0. The molecule has 0 bridgehead atoms. The fourth-order valence-electron chi connectivity index (χ4n) is 5.07. The Labute approximate surface area is 235 Å². The molecule has 40 heavy (non-hydrogen) atoms. The highest BCUT2D eigenvalue weighted by atomic mass is 16.3. The third kappa shape index (κ3) is 5.77. The van der Waals surface area contributed by atoms with Gasteiger partial charge in [-0.2, -0.15) is 0 Å². The lowest BCUT2D eigenvalue weighted by Gasteiger charge is -2.32. The molecule has 0 aliphatic rings. The van der Waals surface area contributed by atoms with Crippen molar-refractivity contribution in [2.24, 2.45) is 0 Å². The number of aromatic amines is 1. The number of nitrogens with one attached hydrogen (secondary N) is 1. The highest BCUT2D eigenvalue weighted by molar-refractivity contribution is 5.79. The van der Waals surface area contributed by atoms with E-state index in [0.717, 1.165) is 27.8 Å². The van der Waals surface area contributed by atoms with Crippen molar-refractivity contribution in [1.29, 1.82) is 0 Å². The first kappa shape index (κ1) is 27.5. The number of benzene rings is 2. The molecule has 1 N–H and O–H groups in total. The minimum Gasteiger partial charge on any atom is -0.468 e. The molecular weight excluding hydrogens is 500 g/mol. The van der Waals surface area contributed by atoms with Gasteiger partial charge in [0.15, 0.2) is 5.82 Å². The van der Waals surface area contributed by atoms with Gasteiger partial charge in [0.1, 0.15) is 11.8 Å². The van der Waals surface area contributed by atoms with Crippen molar-refractivity contribution in [1.82, 2.24) is 30.1 Å². The summed E-state index contributed by atoms with van der Waals surface area (Å²) in [5.41, 5.74) is 4.36. The molecule has 1 atom stereocenters. The van der Waals surface area contributed by atoms with Crippen LogP contribution in [0.25, 0.3) is 10.9 Å². The SMILES string of the molecule is Cc1ccc2[nH]c(=O)c([C@@H](c3nnnn3C(C)(C)C)N(Cc3ccc(C(C)(C)C)cc3)Cc3ccco3)cc2c1. The molecule has 3 aromatic heterocycles. The van der Waals surface area contributed by atoms with Crippen LogP contribution in [-0.2, 0) is 24.0 Å². The van der Waals surface area contributed by atoms with Crippen LogP contribution in [0, 0.1) is 6.92 Å². The van der Waals surface area contributed by atoms with Gasteiger partial charge in [-0.1, -0.05) is 56.7 Å². The highest BCUT2D eigenvalue weighted by Gasteiger charge is 2.34. The number of nitrogens with zero attached hydrogens (tertiary/aromatic N) is 5. The zero-order valence-corrected chi connectivity index (χ0v) is 24.4. The van der Waals surface area contributed by atoms with Crippen LogP contribution in [0.1, 0.15) is 81.4 Å².